The summed E-state index contributed by atoms with van der Waals surface area (Å²) in [7, 11) is 0. The fourth-order valence-electron chi connectivity index (χ4n) is 4.66. The maximum Gasteiger partial charge on any atom is 0.234 e. The lowest BCUT2D eigenvalue weighted by Gasteiger charge is -2.20. The van der Waals surface area contributed by atoms with Gasteiger partial charge in [-0.1, -0.05) is 50.0 Å². The molecule has 0 spiro atoms. The van der Waals surface area contributed by atoms with E-state index in [1.807, 2.05) is 0 Å². The molecule has 0 aromatic rings. The van der Waals surface area contributed by atoms with E-state index in [0.717, 1.165) is 25.7 Å². The van der Waals surface area contributed by atoms with Crippen molar-refractivity contribution in [2.45, 2.75) is 39.5 Å². The molecular weight excluding hydrogens is 276 g/mol. The minimum absolute atomic E-state index is 0.00199. The number of likely N-dealkylation sites (tertiary alicyclic amines) is 1. The van der Waals surface area contributed by atoms with Gasteiger partial charge in [-0.2, -0.15) is 0 Å². The van der Waals surface area contributed by atoms with E-state index in [2.05, 4.69) is 26.0 Å². The minimum atomic E-state index is -0.159. The van der Waals surface area contributed by atoms with Crippen molar-refractivity contribution in [2.24, 2.45) is 29.4 Å². The number of hydrogen-bond donors (Lipinski definition) is 1. The molecule has 1 saturated heterocycles. The monoisotopic (exact) mass is 302 g/mol. The largest absolute Gasteiger partial charge is 0.329 e. The molecule has 4 heteroatoms. The molecule has 2 aliphatic carbocycles. The standard InChI is InChI=1S/C18H26N2O2/c1-3-5-11(6-4-2)14-12-7-8-13(14)16-15(12)17(21)20(10-9-19)18(16)22/h7-8,12-13,15-16H,3-6,9-10,19H2,1-2H3/t12?,13?,15-,16+. The molecule has 2 N–H and O–H groups in total. The van der Waals surface area contributed by atoms with E-state index in [-0.39, 0.29) is 35.5 Å². The Hall–Kier alpha value is -1.42. The van der Waals surface area contributed by atoms with E-state index in [1.54, 1.807) is 0 Å². The normalized spacial score (nSPS) is 32.3. The smallest absolute Gasteiger partial charge is 0.234 e. The van der Waals surface area contributed by atoms with Crippen LogP contribution in [0.1, 0.15) is 39.5 Å². The van der Waals surface area contributed by atoms with Gasteiger partial charge < -0.3 is 5.73 Å². The Balaban J connectivity index is 1.96. The van der Waals surface area contributed by atoms with Crippen molar-refractivity contribution >= 4 is 11.8 Å². The second-order valence-corrected chi connectivity index (χ2v) is 6.66. The average Bonchev–Trinajstić information content (AvgIpc) is 3.13. The Bertz CT molecular complexity index is 507. The van der Waals surface area contributed by atoms with Crippen LogP contribution in [0.5, 0.6) is 0 Å². The van der Waals surface area contributed by atoms with Gasteiger partial charge in [0.25, 0.3) is 0 Å². The van der Waals surface area contributed by atoms with Crippen LogP contribution in [0.3, 0.4) is 0 Å². The third-order valence-electron chi connectivity index (χ3n) is 5.37. The number of imide groups is 1. The Kier molecular flexibility index (Phi) is 4.22. The van der Waals surface area contributed by atoms with Gasteiger partial charge in [-0.3, -0.25) is 14.5 Å². The first kappa shape index (κ1) is 15.5. The van der Waals surface area contributed by atoms with Crippen LogP contribution >= 0.6 is 0 Å². The Labute approximate surface area is 132 Å². The maximum atomic E-state index is 12.7. The summed E-state index contributed by atoms with van der Waals surface area (Å²) < 4.78 is 0. The molecule has 3 rings (SSSR count). The molecule has 0 radical (unpaired) electrons. The van der Waals surface area contributed by atoms with Crippen LogP contribution in [0.2, 0.25) is 0 Å². The lowest BCUT2D eigenvalue weighted by Crippen LogP contribution is -2.37. The fraction of sp³-hybridized carbons (Fsp3) is 0.667. The number of nitrogens with zero attached hydrogens (tertiary/aromatic N) is 1. The minimum Gasteiger partial charge on any atom is -0.329 e. The summed E-state index contributed by atoms with van der Waals surface area (Å²) in [5, 5.41) is 0. The fourth-order valence-corrected chi connectivity index (χ4v) is 4.66. The van der Waals surface area contributed by atoms with Crippen LogP contribution in [0, 0.1) is 23.7 Å². The first-order valence-electron chi connectivity index (χ1n) is 8.61. The van der Waals surface area contributed by atoms with Crippen LogP contribution in [-0.4, -0.2) is 29.8 Å². The van der Waals surface area contributed by atoms with Gasteiger partial charge in [-0.15, -0.1) is 0 Å². The zero-order chi connectivity index (χ0) is 15.9. The highest BCUT2D eigenvalue weighted by molar-refractivity contribution is 6.07. The number of fused-ring (bicyclic) bond motifs is 5. The predicted molar refractivity (Wildman–Crippen MR) is 85.7 cm³/mol. The number of nitrogens with two attached hydrogens (primary N) is 1. The summed E-state index contributed by atoms with van der Waals surface area (Å²) >= 11 is 0. The van der Waals surface area contributed by atoms with Crippen molar-refractivity contribution in [1.29, 1.82) is 0 Å². The molecule has 120 valence electrons. The highest BCUT2D eigenvalue weighted by atomic mass is 16.2. The molecule has 1 aliphatic heterocycles. The van der Waals surface area contributed by atoms with E-state index in [4.69, 9.17) is 5.73 Å². The summed E-state index contributed by atoms with van der Waals surface area (Å²) in [5.41, 5.74) is 8.44. The summed E-state index contributed by atoms with van der Waals surface area (Å²) in [6.45, 7) is 5.10. The van der Waals surface area contributed by atoms with Crippen molar-refractivity contribution in [1.82, 2.24) is 4.90 Å². The van der Waals surface area contributed by atoms with E-state index in [9.17, 15) is 9.59 Å². The van der Waals surface area contributed by atoms with Crippen molar-refractivity contribution in [3.05, 3.63) is 23.3 Å². The third kappa shape index (κ3) is 2.08. The molecule has 4 nitrogen and oxygen atoms in total. The lowest BCUT2D eigenvalue weighted by molar-refractivity contribution is -0.140. The van der Waals surface area contributed by atoms with Gasteiger partial charge in [0.2, 0.25) is 11.8 Å². The number of carbonyl (C=O) groups is 2. The van der Waals surface area contributed by atoms with Crippen LogP contribution in [0.4, 0.5) is 0 Å². The van der Waals surface area contributed by atoms with E-state index < -0.39 is 0 Å². The molecular formula is C18H26N2O2. The molecule has 0 aromatic heterocycles. The highest BCUT2D eigenvalue weighted by Gasteiger charge is 2.61. The van der Waals surface area contributed by atoms with Crippen molar-refractivity contribution in [3.8, 4) is 0 Å². The molecule has 2 unspecified atom stereocenters. The van der Waals surface area contributed by atoms with Gasteiger partial charge in [-0.25, -0.2) is 0 Å². The Morgan fingerprint density at radius 2 is 1.55 bits per heavy atom. The van der Waals surface area contributed by atoms with Gasteiger partial charge in [0, 0.05) is 24.9 Å². The maximum absolute atomic E-state index is 12.7. The molecule has 1 saturated carbocycles. The average molecular weight is 302 g/mol. The zero-order valence-corrected chi connectivity index (χ0v) is 13.5. The molecule has 1 heterocycles. The third-order valence-corrected chi connectivity index (χ3v) is 5.37. The van der Waals surface area contributed by atoms with Gasteiger partial charge in [-0.05, 0) is 12.8 Å². The first-order chi connectivity index (χ1) is 10.7. The van der Waals surface area contributed by atoms with Gasteiger partial charge in [0.05, 0.1) is 11.8 Å². The van der Waals surface area contributed by atoms with Gasteiger partial charge in [0.1, 0.15) is 0 Å². The molecule has 0 aromatic carbocycles. The predicted octanol–water partition coefficient (Wildman–Crippen LogP) is 2.26. The molecule has 2 bridgehead atoms. The molecule has 2 amide bonds. The number of amides is 2. The summed E-state index contributed by atoms with van der Waals surface area (Å²) in [5.74, 6) is -0.00512. The SMILES string of the molecule is CCCC(CCC)=C1C2C=CC1[C@@H]1C(=O)N(CCN)C(=O)[C@H]21. The number of carbonyl (C=O) groups excluding carboxylic acids is 2. The topological polar surface area (TPSA) is 63.4 Å². The molecule has 4 atom stereocenters. The van der Waals surface area contributed by atoms with E-state index in [1.165, 1.54) is 16.0 Å². The molecule has 3 aliphatic rings. The summed E-state index contributed by atoms with van der Waals surface area (Å²) in [4.78, 5) is 26.7. The Morgan fingerprint density at radius 3 is 1.95 bits per heavy atom. The van der Waals surface area contributed by atoms with Crippen molar-refractivity contribution in [2.75, 3.05) is 13.1 Å². The first-order valence-corrected chi connectivity index (χ1v) is 8.61. The van der Waals surface area contributed by atoms with Crippen LogP contribution in [0.25, 0.3) is 0 Å². The lowest BCUT2D eigenvalue weighted by atomic mass is 9.85. The number of hydrogen-bond acceptors (Lipinski definition) is 3. The van der Waals surface area contributed by atoms with Gasteiger partial charge >= 0.3 is 0 Å². The molecule has 2 fully saturated rings. The summed E-state index contributed by atoms with van der Waals surface area (Å²) in [6.07, 6.45) is 8.76. The highest BCUT2D eigenvalue weighted by Crippen LogP contribution is 2.57. The van der Waals surface area contributed by atoms with Gasteiger partial charge in [0.15, 0.2) is 0 Å². The number of allylic oxidation sites excluding steroid dienone is 4. The number of rotatable bonds is 6. The van der Waals surface area contributed by atoms with Crippen molar-refractivity contribution < 1.29 is 9.59 Å². The van der Waals surface area contributed by atoms with Crippen LogP contribution in [0.15, 0.2) is 23.3 Å². The zero-order valence-electron chi connectivity index (χ0n) is 13.5. The van der Waals surface area contributed by atoms with Crippen LogP contribution < -0.4 is 5.73 Å². The second kappa shape index (κ2) is 5.99. The Morgan fingerprint density at radius 1 is 1.05 bits per heavy atom. The quantitative estimate of drug-likeness (QED) is 0.604. The molecule has 22 heavy (non-hydrogen) atoms. The van der Waals surface area contributed by atoms with E-state index >= 15 is 0 Å². The van der Waals surface area contributed by atoms with Crippen LogP contribution in [-0.2, 0) is 9.59 Å². The van der Waals surface area contributed by atoms with Crippen molar-refractivity contribution in [3.63, 3.8) is 0 Å². The van der Waals surface area contributed by atoms with E-state index in [0.29, 0.717) is 13.1 Å². The second-order valence-electron chi connectivity index (χ2n) is 6.66. The summed E-state index contributed by atoms with van der Waals surface area (Å²) in [6, 6.07) is 0.